The zero-order chi connectivity index (χ0) is 14.3. The maximum atomic E-state index is 13.8. The molecule has 108 valence electrons. The van der Waals surface area contributed by atoms with Crippen LogP contribution in [0.3, 0.4) is 0 Å². The summed E-state index contributed by atoms with van der Waals surface area (Å²) >= 11 is 1.78. The van der Waals surface area contributed by atoms with Crippen LogP contribution in [0.5, 0.6) is 0 Å². The molecule has 1 unspecified atom stereocenters. The number of hydrogen-bond donors (Lipinski definition) is 1. The highest BCUT2D eigenvalue weighted by molar-refractivity contribution is 7.99. The molecular weight excluding hydrogens is 264 g/mol. The highest BCUT2D eigenvalue weighted by Crippen LogP contribution is 2.23. The molecule has 0 saturated carbocycles. The lowest BCUT2D eigenvalue weighted by atomic mass is 10.1. The molecule has 0 fully saturated rings. The highest BCUT2D eigenvalue weighted by atomic mass is 32.2. The van der Waals surface area contributed by atoms with Crippen LogP contribution >= 0.6 is 11.8 Å². The number of hydrogen-bond acceptors (Lipinski definition) is 2. The summed E-state index contributed by atoms with van der Waals surface area (Å²) in [6, 6.07) is 3.55. The second-order valence-corrected chi connectivity index (χ2v) is 6.18. The first-order valence-corrected chi connectivity index (χ1v) is 7.96. The molecule has 0 radical (unpaired) electrons. The van der Waals surface area contributed by atoms with Gasteiger partial charge in [-0.25, -0.2) is 8.78 Å². The standard InChI is InChI=1S/C15H23F2NS/c1-4-7-18-15(10-19-9-11(2)3)13-8-12(16)5-6-14(13)17/h5-6,8,11,15,18H,4,7,9-10H2,1-3H3. The van der Waals surface area contributed by atoms with Crippen LogP contribution in [0.2, 0.25) is 0 Å². The van der Waals surface area contributed by atoms with E-state index in [2.05, 4.69) is 26.1 Å². The zero-order valence-corrected chi connectivity index (χ0v) is 12.7. The van der Waals surface area contributed by atoms with E-state index in [0.29, 0.717) is 11.5 Å². The summed E-state index contributed by atoms with van der Waals surface area (Å²) in [5.74, 6) is 1.68. The minimum atomic E-state index is -0.381. The first kappa shape index (κ1) is 16.4. The predicted octanol–water partition coefficient (Wildman–Crippen LogP) is 4.39. The first-order chi connectivity index (χ1) is 9.04. The first-order valence-electron chi connectivity index (χ1n) is 6.80. The molecule has 1 N–H and O–H groups in total. The molecule has 0 heterocycles. The van der Waals surface area contributed by atoms with Crippen molar-refractivity contribution >= 4 is 11.8 Å². The van der Waals surface area contributed by atoms with E-state index < -0.39 is 0 Å². The molecule has 0 aromatic heterocycles. The predicted molar refractivity (Wildman–Crippen MR) is 79.6 cm³/mol. The fourth-order valence-corrected chi connectivity index (χ4v) is 2.92. The third-order valence-corrected chi connectivity index (χ3v) is 4.18. The minimum absolute atomic E-state index is 0.126. The maximum Gasteiger partial charge on any atom is 0.128 e. The monoisotopic (exact) mass is 287 g/mol. The Morgan fingerprint density at radius 2 is 1.95 bits per heavy atom. The van der Waals surface area contributed by atoms with Crippen molar-refractivity contribution in [2.75, 3.05) is 18.1 Å². The van der Waals surface area contributed by atoms with Crippen molar-refractivity contribution in [3.8, 4) is 0 Å². The van der Waals surface area contributed by atoms with Gasteiger partial charge in [-0.05, 0) is 42.8 Å². The van der Waals surface area contributed by atoms with Gasteiger partial charge in [-0.2, -0.15) is 11.8 Å². The summed E-state index contributed by atoms with van der Waals surface area (Å²) < 4.78 is 27.1. The van der Waals surface area contributed by atoms with Crippen molar-refractivity contribution in [1.29, 1.82) is 0 Å². The van der Waals surface area contributed by atoms with Gasteiger partial charge >= 0.3 is 0 Å². The van der Waals surface area contributed by atoms with E-state index in [1.807, 2.05) is 0 Å². The summed E-state index contributed by atoms with van der Waals surface area (Å²) in [6.45, 7) is 7.19. The van der Waals surface area contributed by atoms with Gasteiger partial charge in [0.15, 0.2) is 0 Å². The van der Waals surface area contributed by atoms with Crippen LogP contribution in [0, 0.1) is 17.6 Å². The molecule has 0 aliphatic heterocycles. The summed E-state index contributed by atoms with van der Waals surface area (Å²) in [6.07, 6.45) is 0.974. The average molecular weight is 287 g/mol. The molecule has 1 rings (SSSR count). The Labute approximate surface area is 119 Å². The summed E-state index contributed by atoms with van der Waals surface area (Å²) in [7, 11) is 0. The van der Waals surface area contributed by atoms with Gasteiger partial charge in [0.1, 0.15) is 11.6 Å². The Kier molecular flexibility index (Phi) is 7.39. The molecule has 0 bridgehead atoms. The molecule has 0 saturated heterocycles. The molecule has 0 aliphatic carbocycles. The molecule has 0 amide bonds. The molecular formula is C15H23F2NS. The van der Waals surface area contributed by atoms with Crippen molar-refractivity contribution in [2.24, 2.45) is 5.92 Å². The maximum absolute atomic E-state index is 13.8. The Bertz CT molecular complexity index is 382. The molecule has 1 aromatic carbocycles. The van der Waals surface area contributed by atoms with Crippen molar-refractivity contribution in [1.82, 2.24) is 5.32 Å². The number of thioether (sulfide) groups is 1. The van der Waals surface area contributed by atoms with E-state index >= 15 is 0 Å². The van der Waals surface area contributed by atoms with Crippen LogP contribution in [-0.4, -0.2) is 18.1 Å². The summed E-state index contributed by atoms with van der Waals surface area (Å²) in [5, 5.41) is 3.30. The van der Waals surface area contributed by atoms with Gasteiger partial charge < -0.3 is 5.32 Å². The van der Waals surface area contributed by atoms with E-state index in [-0.39, 0.29) is 17.7 Å². The van der Waals surface area contributed by atoms with Crippen LogP contribution in [0.25, 0.3) is 0 Å². The van der Waals surface area contributed by atoms with Crippen LogP contribution < -0.4 is 5.32 Å². The lowest BCUT2D eigenvalue weighted by Gasteiger charge is -2.20. The van der Waals surface area contributed by atoms with Crippen LogP contribution in [0.1, 0.15) is 38.8 Å². The Morgan fingerprint density at radius 1 is 1.21 bits per heavy atom. The van der Waals surface area contributed by atoms with E-state index in [0.717, 1.165) is 30.5 Å². The third-order valence-electron chi connectivity index (χ3n) is 2.71. The molecule has 1 atom stereocenters. The van der Waals surface area contributed by atoms with Gasteiger partial charge in [0.2, 0.25) is 0 Å². The van der Waals surface area contributed by atoms with Gasteiger partial charge in [0, 0.05) is 17.4 Å². The van der Waals surface area contributed by atoms with Gasteiger partial charge in [0.05, 0.1) is 0 Å². The van der Waals surface area contributed by atoms with Gasteiger partial charge in [0.25, 0.3) is 0 Å². The van der Waals surface area contributed by atoms with Crippen molar-refractivity contribution < 1.29 is 8.78 Å². The average Bonchev–Trinajstić information content (AvgIpc) is 2.36. The van der Waals surface area contributed by atoms with E-state index in [1.165, 1.54) is 12.1 Å². The largest absolute Gasteiger partial charge is 0.309 e. The van der Waals surface area contributed by atoms with E-state index in [4.69, 9.17) is 0 Å². The normalized spacial score (nSPS) is 12.9. The summed E-state index contributed by atoms with van der Waals surface area (Å²) in [5.41, 5.74) is 0.435. The molecule has 0 aliphatic rings. The Morgan fingerprint density at radius 3 is 2.58 bits per heavy atom. The van der Waals surface area contributed by atoms with Gasteiger partial charge in [-0.1, -0.05) is 20.8 Å². The molecule has 1 nitrogen and oxygen atoms in total. The van der Waals surface area contributed by atoms with E-state index in [9.17, 15) is 8.78 Å². The zero-order valence-electron chi connectivity index (χ0n) is 11.9. The SMILES string of the molecule is CCCNC(CSCC(C)C)c1cc(F)ccc1F. The molecule has 0 spiro atoms. The van der Waals surface area contributed by atoms with Gasteiger partial charge in [-0.3, -0.25) is 0 Å². The fraction of sp³-hybridized carbons (Fsp3) is 0.600. The van der Waals surface area contributed by atoms with Crippen LogP contribution in [-0.2, 0) is 0 Å². The molecule has 1 aromatic rings. The van der Waals surface area contributed by atoms with Crippen molar-refractivity contribution in [3.05, 3.63) is 35.4 Å². The lowest BCUT2D eigenvalue weighted by molar-refractivity contribution is 0.522. The van der Waals surface area contributed by atoms with Crippen molar-refractivity contribution in [2.45, 2.75) is 33.2 Å². The molecule has 4 heteroatoms. The van der Waals surface area contributed by atoms with E-state index in [1.54, 1.807) is 11.8 Å². The number of rotatable bonds is 8. The van der Waals surface area contributed by atoms with Crippen LogP contribution in [0.15, 0.2) is 18.2 Å². The topological polar surface area (TPSA) is 12.0 Å². The highest BCUT2D eigenvalue weighted by Gasteiger charge is 2.16. The number of benzene rings is 1. The second kappa shape index (κ2) is 8.54. The Hall–Kier alpha value is -0.610. The lowest BCUT2D eigenvalue weighted by Crippen LogP contribution is -2.25. The quantitative estimate of drug-likeness (QED) is 0.761. The summed E-state index contributed by atoms with van der Waals surface area (Å²) in [4.78, 5) is 0. The van der Waals surface area contributed by atoms with Gasteiger partial charge in [-0.15, -0.1) is 0 Å². The number of nitrogens with one attached hydrogen (secondary N) is 1. The molecule has 19 heavy (non-hydrogen) atoms. The minimum Gasteiger partial charge on any atom is -0.309 e. The third kappa shape index (κ3) is 5.91. The fourth-order valence-electron chi connectivity index (χ4n) is 1.78. The number of halogens is 2. The smallest absolute Gasteiger partial charge is 0.128 e. The van der Waals surface area contributed by atoms with Crippen LogP contribution in [0.4, 0.5) is 8.78 Å². The van der Waals surface area contributed by atoms with Crippen molar-refractivity contribution in [3.63, 3.8) is 0 Å². The Balaban J connectivity index is 2.73. The second-order valence-electron chi connectivity index (χ2n) is 5.10.